The molecule has 2 aromatic heterocycles. The van der Waals surface area contributed by atoms with E-state index < -0.39 is 0 Å². The van der Waals surface area contributed by atoms with Crippen molar-refractivity contribution in [2.24, 2.45) is 14.1 Å². The lowest BCUT2D eigenvalue weighted by atomic mass is 10.2. The molecule has 0 spiro atoms. The first-order valence-electron chi connectivity index (χ1n) is 7.92. The number of benzene rings is 1. The molecule has 3 rings (SSSR count). The zero-order valence-corrected chi connectivity index (χ0v) is 14.9. The summed E-state index contributed by atoms with van der Waals surface area (Å²) in [6.07, 6.45) is 2.23. The molecule has 0 atom stereocenters. The van der Waals surface area contributed by atoms with Gasteiger partial charge >= 0.3 is 5.69 Å². The lowest BCUT2D eigenvalue weighted by molar-refractivity contribution is 0.594. The Morgan fingerprint density at radius 1 is 1.16 bits per heavy atom. The Morgan fingerprint density at radius 3 is 2.60 bits per heavy atom. The summed E-state index contributed by atoms with van der Waals surface area (Å²) in [5, 5.41) is 0. The minimum atomic E-state index is -0.347. The number of hydrogen-bond acceptors (Lipinski definition) is 4. The monoisotopic (exact) mass is 362 g/mol. The van der Waals surface area contributed by atoms with Crippen LogP contribution in [0.3, 0.4) is 0 Å². The molecule has 132 valence electrons. The second-order valence-electron chi connectivity index (χ2n) is 5.86. The Morgan fingerprint density at radius 2 is 1.88 bits per heavy atom. The average Bonchev–Trinajstić information content (AvgIpc) is 2.99. The predicted molar refractivity (Wildman–Crippen MR) is 97.4 cm³/mol. The van der Waals surface area contributed by atoms with E-state index in [0.29, 0.717) is 24.1 Å². The summed E-state index contributed by atoms with van der Waals surface area (Å²) in [5.74, 6) is 1.33. The third-order valence-corrected chi connectivity index (χ3v) is 5.17. The zero-order valence-electron chi connectivity index (χ0n) is 14.1. The van der Waals surface area contributed by atoms with Gasteiger partial charge < -0.3 is 4.57 Å². The summed E-state index contributed by atoms with van der Waals surface area (Å²) in [6.45, 7) is 0.364. The van der Waals surface area contributed by atoms with Gasteiger partial charge in [-0.3, -0.25) is 13.9 Å². The SMILES string of the molecule is Cn1cnc2c1c(=O)n(CCCSCc1ccc(F)cc1)c(=O)n2C. The van der Waals surface area contributed by atoms with Gasteiger partial charge in [0.2, 0.25) is 0 Å². The molecule has 0 aliphatic rings. The van der Waals surface area contributed by atoms with Crippen molar-refractivity contribution in [3.63, 3.8) is 0 Å². The van der Waals surface area contributed by atoms with Crippen molar-refractivity contribution >= 4 is 22.9 Å². The van der Waals surface area contributed by atoms with Gasteiger partial charge in [-0.1, -0.05) is 12.1 Å². The van der Waals surface area contributed by atoms with Gasteiger partial charge in [0.05, 0.1) is 6.33 Å². The van der Waals surface area contributed by atoms with Crippen molar-refractivity contribution in [2.45, 2.75) is 18.7 Å². The van der Waals surface area contributed by atoms with Crippen LogP contribution >= 0.6 is 11.8 Å². The fourth-order valence-electron chi connectivity index (χ4n) is 2.69. The average molecular weight is 362 g/mol. The Hall–Kier alpha value is -2.35. The number of thioether (sulfide) groups is 1. The molecular weight excluding hydrogens is 343 g/mol. The maximum atomic E-state index is 12.9. The van der Waals surface area contributed by atoms with Crippen molar-refractivity contribution in [1.29, 1.82) is 0 Å². The molecule has 0 aliphatic carbocycles. The maximum absolute atomic E-state index is 12.9. The van der Waals surface area contributed by atoms with E-state index in [4.69, 9.17) is 0 Å². The highest BCUT2D eigenvalue weighted by atomic mass is 32.2. The minimum Gasteiger partial charge on any atom is -0.328 e. The van der Waals surface area contributed by atoms with Crippen LogP contribution in [-0.2, 0) is 26.4 Å². The Labute approximate surface area is 147 Å². The third-order valence-electron chi connectivity index (χ3n) is 4.05. The van der Waals surface area contributed by atoms with Gasteiger partial charge in [0.25, 0.3) is 5.56 Å². The van der Waals surface area contributed by atoms with Gasteiger partial charge in [0.1, 0.15) is 5.82 Å². The Balaban J connectivity index is 1.65. The summed E-state index contributed by atoms with van der Waals surface area (Å²) < 4.78 is 17.2. The number of aryl methyl sites for hydroxylation is 2. The fourth-order valence-corrected chi connectivity index (χ4v) is 3.59. The third kappa shape index (κ3) is 3.53. The first-order valence-corrected chi connectivity index (χ1v) is 9.07. The van der Waals surface area contributed by atoms with Gasteiger partial charge in [0.15, 0.2) is 11.2 Å². The van der Waals surface area contributed by atoms with Crippen LogP contribution in [0.15, 0.2) is 40.2 Å². The molecule has 25 heavy (non-hydrogen) atoms. The van der Waals surface area contributed by atoms with Crippen LogP contribution in [0, 0.1) is 5.82 Å². The van der Waals surface area contributed by atoms with Crippen LogP contribution in [0.2, 0.25) is 0 Å². The largest absolute Gasteiger partial charge is 0.332 e. The van der Waals surface area contributed by atoms with Crippen LogP contribution in [0.4, 0.5) is 4.39 Å². The Kier molecular flexibility index (Phi) is 5.08. The molecule has 0 saturated heterocycles. The van der Waals surface area contributed by atoms with E-state index in [-0.39, 0.29) is 17.1 Å². The molecule has 0 bridgehead atoms. The standard InChI is InChI=1S/C17H19FN4O2S/c1-20-11-19-15-14(20)16(23)22(17(24)21(15)2)8-3-9-25-10-12-4-6-13(18)7-5-12/h4-7,11H,3,8-10H2,1-2H3. The molecule has 2 heterocycles. The molecule has 3 aromatic rings. The highest BCUT2D eigenvalue weighted by Crippen LogP contribution is 2.14. The van der Waals surface area contributed by atoms with Crippen LogP contribution in [0.1, 0.15) is 12.0 Å². The summed E-state index contributed by atoms with van der Waals surface area (Å²) in [6, 6.07) is 6.42. The van der Waals surface area contributed by atoms with E-state index in [2.05, 4.69) is 4.98 Å². The second-order valence-corrected chi connectivity index (χ2v) is 6.96. The molecule has 0 fully saturated rings. The summed E-state index contributed by atoms with van der Waals surface area (Å²) >= 11 is 1.69. The number of rotatable bonds is 6. The van der Waals surface area contributed by atoms with Crippen LogP contribution in [0.5, 0.6) is 0 Å². The lowest BCUT2D eigenvalue weighted by Crippen LogP contribution is -2.39. The first kappa shape index (κ1) is 17.5. The van der Waals surface area contributed by atoms with Crippen LogP contribution < -0.4 is 11.2 Å². The van der Waals surface area contributed by atoms with Crippen molar-refractivity contribution in [2.75, 3.05) is 5.75 Å². The van der Waals surface area contributed by atoms with Crippen molar-refractivity contribution in [3.05, 3.63) is 62.8 Å². The highest BCUT2D eigenvalue weighted by molar-refractivity contribution is 7.98. The fraction of sp³-hybridized carbons (Fsp3) is 0.353. The number of halogens is 1. The van der Waals surface area contributed by atoms with E-state index in [9.17, 15) is 14.0 Å². The second kappa shape index (κ2) is 7.26. The van der Waals surface area contributed by atoms with Gasteiger partial charge in [0, 0.05) is 26.4 Å². The number of hydrogen-bond donors (Lipinski definition) is 0. The predicted octanol–water partition coefficient (Wildman–Crippen LogP) is 1.90. The molecule has 8 heteroatoms. The molecule has 6 nitrogen and oxygen atoms in total. The number of imidazole rings is 1. The van der Waals surface area contributed by atoms with E-state index >= 15 is 0 Å². The van der Waals surface area contributed by atoms with E-state index in [1.54, 1.807) is 42.6 Å². The Bertz CT molecular complexity index is 1000. The quantitative estimate of drug-likeness (QED) is 0.629. The van der Waals surface area contributed by atoms with Crippen molar-refractivity contribution < 1.29 is 4.39 Å². The number of nitrogens with zero attached hydrogens (tertiary/aromatic N) is 4. The van der Waals surface area contributed by atoms with Gasteiger partial charge in [-0.2, -0.15) is 11.8 Å². The molecule has 0 N–H and O–H groups in total. The molecular formula is C17H19FN4O2S. The summed E-state index contributed by atoms with van der Waals surface area (Å²) in [5.41, 5.74) is 1.23. The number of fused-ring (bicyclic) bond motifs is 1. The molecule has 0 unspecified atom stereocenters. The topological polar surface area (TPSA) is 61.8 Å². The summed E-state index contributed by atoms with van der Waals surface area (Å²) in [4.78, 5) is 29.0. The van der Waals surface area contributed by atoms with Crippen molar-refractivity contribution in [3.8, 4) is 0 Å². The molecule has 0 amide bonds. The van der Waals surface area contributed by atoms with Crippen LogP contribution in [-0.4, -0.2) is 24.4 Å². The summed E-state index contributed by atoms with van der Waals surface area (Å²) in [7, 11) is 3.36. The van der Waals surface area contributed by atoms with Gasteiger partial charge in [-0.25, -0.2) is 14.2 Å². The first-order chi connectivity index (χ1) is 12.0. The van der Waals surface area contributed by atoms with Crippen LogP contribution in [0.25, 0.3) is 11.2 Å². The molecule has 0 saturated carbocycles. The molecule has 0 radical (unpaired) electrons. The molecule has 1 aromatic carbocycles. The zero-order chi connectivity index (χ0) is 18.0. The van der Waals surface area contributed by atoms with Gasteiger partial charge in [-0.05, 0) is 29.9 Å². The van der Waals surface area contributed by atoms with E-state index in [0.717, 1.165) is 17.1 Å². The van der Waals surface area contributed by atoms with Crippen molar-refractivity contribution in [1.82, 2.24) is 18.7 Å². The number of aromatic nitrogens is 4. The maximum Gasteiger partial charge on any atom is 0.332 e. The highest BCUT2D eigenvalue weighted by Gasteiger charge is 2.14. The van der Waals surface area contributed by atoms with Gasteiger partial charge in [-0.15, -0.1) is 0 Å². The minimum absolute atomic E-state index is 0.241. The lowest BCUT2D eigenvalue weighted by Gasteiger charge is -2.08. The molecule has 0 aliphatic heterocycles. The normalized spacial score (nSPS) is 11.3. The smallest absolute Gasteiger partial charge is 0.328 e. The van der Waals surface area contributed by atoms with E-state index in [1.807, 2.05) is 0 Å². The van der Waals surface area contributed by atoms with E-state index in [1.165, 1.54) is 27.6 Å².